The van der Waals surface area contributed by atoms with Gasteiger partial charge in [-0.25, -0.2) is 5.01 Å². The summed E-state index contributed by atoms with van der Waals surface area (Å²) in [6, 6.07) is 14.3. The van der Waals surface area contributed by atoms with E-state index in [0.29, 0.717) is 0 Å². The third-order valence-electron chi connectivity index (χ3n) is 4.78. The molecule has 2 aliphatic rings. The maximum atomic E-state index is 6.38. The van der Waals surface area contributed by atoms with Crippen molar-refractivity contribution in [1.29, 1.82) is 0 Å². The predicted molar refractivity (Wildman–Crippen MR) is 101 cm³/mol. The van der Waals surface area contributed by atoms with Gasteiger partial charge in [0.2, 0.25) is 6.23 Å². The van der Waals surface area contributed by atoms with Crippen LogP contribution in [0, 0.1) is 0 Å². The first-order valence-electron chi connectivity index (χ1n) is 8.48. The van der Waals surface area contributed by atoms with E-state index in [1.807, 2.05) is 30.5 Å². The van der Waals surface area contributed by atoms with Gasteiger partial charge in [-0.05, 0) is 23.6 Å². The summed E-state index contributed by atoms with van der Waals surface area (Å²) in [6.45, 7) is 0. The number of hydrogen-bond acceptors (Lipinski definition) is 6. The highest BCUT2D eigenvalue weighted by atomic mass is 32.1. The summed E-state index contributed by atoms with van der Waals surface area (Å²) < 4.78 is 11.9. The molecule has 2 aromatic heterocycles. The van der Waals surface area contributed by atoms with Gasteiger partial charge in [-0.3, -0.25) is 4.98 Å². The van der Waals surface area contributed by atoms with Crippen molar-refractivity contribution in [2.45, 2.75) is 18.7 Å². The van der Waals surface area contributed by atoms with Crippen molar-refractivity contribution in [3.63, 3.8) is 0 Å². The van der Waals surface area contributed by atoms with E-state index in [1.54, 1.807) is 24.6 Å². The molecule has 2 aliphatic heterocycles. The van der Waals surface area contributed by atoms with Gasteiger partial charge in [-0.1, -0.05) is 24.3 Å². The Labute approximate surface area is 155 Å². The van der Waals surface area contributed by atoms with Crippen molar-refractivity contribution in [1.82, 2.24) is 9.99 Å². The fraction of sp³-hybridized carbons (Fsp3) is 0.200. The van der Waals surface area contributed by atoms with Gasteiger partial charge < -0.3 is 9.47 Å². The number of thiophene rings is 1. The second-order valence-corrected chi connectivity index (χ2v) is 7.21. The number of rotatable bonds is 3. The molecule has 0 unspecified atom stereocenters. The van der Waals surface area contributed by atoms with Crippen LogP contribution in [-0.4, -0.2) is 22.8 Å². The number of methoxy groups -OCH3 is 1. The van der Waals surface area contributed by atoms with E-state index >= 15 is 0 Å². The fourth-order valence-electron chi connectivity index (χ4n) is 3.58. The average Bonchev–Trinajstić information content (AvgIpc) is 3.37. The second kappa shape index (κ2) is 6.14. The molecule has 0 spiro atoms. The number of ether oxygens (including phenoxy) is 2. The normalized spacial score (nSPS) is 20.8. The van der Waals surface area contributed by atoms with Crippen LogP contribution in [0.4, 0.5) is 0 Å². The molecular formula is C20H17N3O2S. The highest BCUT2D eigenvalue weighted by Gasteiger charge is 2.42. The summed E-state index contributed by atoms with van der Waals surface area (Å²) in [5, 5.41) is 9.08. The minimum absolute atomic E-state index is 0.121. The number of hydrogen-bond donors (Lipinski definition) is 0. The fourth-order valence-corrected chi connectivity index (χ4v) is 4.30. The molecule has 3 aromatic rings. The van der Waals surface area contributed by atoms with Crippen molar-refractivity contribution < 1.29 is 9.47 Å². The lowest BCUT2D eigenvalue weighted by atomic mass is 9.97. The Bertz CT molecular complexity index is 956. The Kier molecular flexibility index (Phi) is 3.64. The van der Waals surface area contributed by atoms with Crippen LogP contribution in [0.1, 0.15) is 34.7 Å². The van der Waals surface area contributed by atoms with Crippen LogP contribution in [0.15, 0.2) is 65.3 Å². The molecule has 5 rings (SSSR count). The van der Waals surface area contributed by atoms with Crippen molar-refractivity contribution in [2.75, 3.05) is 7.11 Å². The van der Waals surface area contributed by atoms with Crippen molar-refractivity contribution in [2.24, 2.45) is 5.10 Å². The van der Waals surface area contributed by atoms with Crippen molar-refractivity contribution in [3.05, 3.63) is 76.2 Å². The number of pyridine rings is 1. The minimum atomic E-state index is -0.324. The lowest BCUT2D eigenvalue weighted by Gasteiger charge is -2.38. The first kappa shape index (κ1) is 15.4. The van der Waals surface area contributed by atoms with Crippen molar-refractivity contribution >= 4 is 17.0 Å². The van der Waals surface area contributed by atoms with Gasteiger partial charge in [0.05, 0.1) is 23.7 Å². The summed E-state index contributed by atoms with van der Waals surface area (Å²) >= 11 is 1.72. The molecule has 0 saturated heterocycles. The first-order valence-corrected chi connectivity index (χ1v) is 9.36. The Morgan fingerprint density at radius 2 is 2.15 bits per heavy atom. The van der Waals surface area contributed by atoms with Gasteiger partial charge in [0.15, 0.2) is 11.5 Å². The maximum absolute atomic E-state index is 6.38. The Balaban J connectivity index is 1.64. The molecule has 0 bridgehead atoms. The molecule has 0 radical (unpaired) electrons. The van der Waals surface area contributed by atoms with Crippen LogP contribution in [-0.2, 0) is 0 Å². The Morgan fingerprint density at radius 3 is 2.92 bits per heavy atom. The van der Waals surface area contributed by atoms with Crippen LogP contribution in [0.5, 0.6) is 11.5 Å². The molecule has 0 N–H and O–H groups in total. The van der Waals surface area contributed by atoms with Crippen LogP contribution in [0.2, 0.25) is 0 Å². The highest BCUT2D eigenvalue weighted by Crippen LogP contribution is 2.50. The molecule has 1 aromatic carbocycles. The van der Waals surface area contributed by atoms with E-state index in [1.165, 1.54) is 4.88 Å². The van der Waals surface area contributed by atoms with E-state index in [0.717, 1.165) is 34.8 Å². The molecular weight excluding hydrogens is 346 g/mol. The number of nitrogens with zero attached hydrogens (tertiary/aromatic N) is 3. The predicted octanol–water partition coefficient (Wildman–Crippen LogP) is 4.39. The Hall–Kier alpha value is -2.86. The molecule has 130 valence electrons. The second-order valence-electron chi connectivity index (χ2n) is 6.26. The summed E-state index contributed by atoms with van der Waals surface area (Å²) in [5.74, 6) is 1.55. The summed E-state index contributed by atoms with van der Waals surface area (Å²) in [4.78, 5) is 5.46. The number of para-hydroxylation sites is 1. The molecule has 0 amide bonds. The van der Waals surface area contributed by atoms with Gasteiger partial charge in [0.1, 0.15) is 0 Å². The van der Waals surface area contributed by atoms with E-state index in [4.69, 9.17) is 14.6 Å². The average molecular weight is 363 g/mol. The first-order chi connectivity index (χ1) is 12.8. The van der Waals surface area contributed by atoms with Crippen LogP contribution in [0.3, 0.4) is 0 Å². The van der Waals surface area contributed by atoms with Gasteiger partial charge in [0, 0.05) is 29.9 Å². The zero-order valence-corrected chi connectivity index (χ0v) is 15.0. The van der Waals surface area contributed by atoms with E-state index in [9.17, 15) is 0 Å². The molecule has 0 fully saturated rings. The van der Waals surface area contributed by atoms with Gasteiger partial charge in [0.25, 0.3) is 0 Å². The highest BCUT2D eigenvalue weighted by molar-refractivity contribution is 7.12. The topological polar surface area (TPSA) is 47.0 Å². The largest absolute Gasteiger partial charge is 0.493 e. The molecule has 4 heterocycles. The maximum Gasteiger partial charge on any atom is 0.215 e. The number of aromatic nitrogens is 1. The molecule has 5 nitrogen and oxygen atoms in total. The smallest absolute Gasteiger partial charge is 0.215 e. The quantitative estimate of drug-likeness (QED) is 0.692. The molecule has 0 saturated carbocycles. The third-order valence-corrected chi connectivity index (χ3v) is 5.69. The van der Waals surface area contributed by atoms with E-state index in [2.05, 4.69) is 33.6 Å². The van der Waals surface area contributed by atoms with E-state index < -0.39 is 0 Å². The monoisotopic (exact) mass is 363 g/mol. The number of benzene rings is 1. The summed E-state index contributed by atoms with van der Waals surface area (Å²) in [6.07, 6.45) is 4.12. The van der Waals surface area contributed by atoms with Gasteiger partial charge in [-0.2, -0.15) is 5.10 Å². The lowest BCUT2D eigenvalue weighted by molar-refractivity contribution is -0.0211. The number of fused-ring (bicyclic) bond motifs is 3. The summed E-state index contributed by atoms with van der Waals surface area (Å²) in [5.41, 5.74) is 3.18. The van der Waals surface area contributed by atoms with Crippen LogP contribution in [0.25, 0.3) is 0 Å². The Morgan fingerprint density at radius 1 is 1.19 bits per heavy atom. The van der Waals surface area contributed by atoms with Gasteiger partial charge in [-0.15, -0.1) is 11.3 Å². The van der Waals surface area contributed by atoms with E-state index in [-0.39, 0.29) is 12.3 Å². The number of hydrazone groups is 1. The summed E-state index contributed by atoms with van der Waals surface area (Å²) in [7, 11) is 1.67. The zero-order valence-electron chi connectivity index (χ0n) is 14.2. The van der Waals surface area contributed by atoms with Crippen molar-refractivity contribution in [3.8, 4) is 11.5 Å². The SMILES string of the molecule is COc1cccc2c1O[C@H](c1cccnc1)N1N=C(c3cccs3)C[C@@H]21. The van der Waals surface area contributed by atoms with Crippen LogP contribution < -0.4 is 9.47 Å². The molecule has 6 heteroatoms. The molecule has 2 atom stereocenters. The molecule has 0 aliphatic carbocycles. The minimum Gasteiger partial charge on any atom is -0.493 e. The molecule has 26 heavy (non-hydrogen) atoms. The van der Waals surface area contributed by atoms with Crippen LogP contribution >= 0.6 is 11.3 Å². The zero-order chi connectivity index (χ0) is 17.5. The standard InChI is InChI=1S/C20H17N3O2S/c1-24-17-7-2-6-14-16-11-15(18-8-4-10-26-18)22-23(16)20(25-19(14)17)13-5-3-9-21-12-13/h2-10,12,16,20H,11H2,1H3/t16-,20+/m0/s1. The van der Waals surface area contributed by atoms with Gasteiger partial charge >= 0.3 is 0 Å². The lowest BCUT2D eigenvalue weighted by Crippen LogP contribution is -2.33. The third kappa shape index (κ3) is 2.37.